The molecule has 0 aromatic rings. The van der Waals surface area contributed by atoms with Crippen molar-refractivity contribution >= 4 is 14.3 Å². The zero-order valence-corrected chi connectivity index (χ0v) is 19.0. The Morgan fingerprint density at radius 2 is 1.65 bits per heavy atom. The highest BCUT2D eigenvalue weighted by Gasteiger charge is 2.57. The lowest BCUT2D eigenvalue weighted by atomic mass is 9.97. The van der Waals surface area contributed by atoms with Gasteiger partial charge in [0.15, 0.2) is 20.4 Å². The quantitative estimate of drug-likeness (QED) is 0.538. The summed E-state index contributed by atoms with van der Waals surface area (Å²) in [4.78, 5) is 12.1. The van der Waals surface area contributed by atoms with Gasteiger partial charge in [-0.15, -0.1) is 0 Å². The molecule has 26 heavy (non-hydrogen) atoms. The fourth-order valence-electron chi connectivity index (χ4n) is 2.71. The molecular weight excluding hydrogens is 352 g/mol. The maximum absolute atomic E-state index is 12.1. The van der Waals surface area contributed by atoms with Crippen LogP contribution in [0, 0.1) is 5.41 Å². The van der Waals surface area contributed by atoms with E-state index in [2.05, 4.69) is 33.9 Å². The number of carbonyl (C=O) groups excluding carboxylic acids is 1. The Kier molecular flexibility index (Phi) is 5.75. The highest BCUT2D eigenvalue weighted by Crippen LogP contribution is 2.44. The standard InChI is InChI=1S/C19H36O6Si/c1-17(2,3)16(20)21-11-12-13(25-26(9,10)18(4,5)6)14-15(22-12)24-19(7,8)23-14/h12-15H,11H2,1-10H3/t12-,13+,14-,15-/m1/s1. The van der Waals surface area contributed by atoms with E-state index in [0.717, 1.165) is 0 Å². The Bertz CT molecular complexity index is 531. The van der Waals surface area contributed by atoms with E-state index in [1.54, 1.807) is 0 Å². The third-order valence-corrected chi connectivity index (χ3v) is 9.79. The molecule has 0 aliphatic carbocycles. The molecule has 6 nitrogen and oxygen atoms in total. The molecule has 7 heteroatoms. The lowest BCUT2D eigenvalue weighted by Crippen LogP contribution is -2.50. The number of esters is 1. The van der Waals surface area contributed by atoms with Crippen LogP contribution in [-0.2, 0) is 28.2 Å². The number of rotatable bonds is 4. The van der Waals surface area contributed by atoms with Crippen LogP contribution in [0.25, 0.3) is 0 Å². The normalized spacial score (nSPS) is 31.8. The van der Waals surface area contributed by atoms with Gasteiger partial charge in [0.05, 0.1) is 5.41 Å². The van der Waals surface area contributed by atoms with Crippen molar-refractivity contribution in [1.29, 1.82) is 0 Å². The summed E-state index contributed by atoms with van der Waals surface area (Å²) in [6.07, 6.45) is -1.55. The van der Waals surface area contributed by atoms with Crippen LogP contribution in [0.5, 0.6) is 0 Å². The van der Waals surface area contributed by atoms with Crippen LogP contribution in [0.3, 0.4) is 0 Å². The summed E-state index contributed by atoms with van der Waals surface area (Å²) in [5.74, 6) is -0.969. The smallest absolute Gasteiger partial charge is 0.311 e. The molecule has 2 aliphatic heterocycles. The predicted molar refractivity (Wildman–Crippen MR) is 101 cm³/mol. The van der Waals surface area contributed by atoms with Crippen LogP contribution in [0.15, 0.2) is 0 Å². The van der Waals surface area contributed by atoms with Crippen LogP contribution >= 0.6 is 0 Å². The minimum atomic E-state index is -2.07. The summed E-state index contributed by atoms with van der Waals surface area (Å²) in [6, 6.07) is 0. The largest absolute Gasteiger partial charge is 0.462 e. The van der Waals surface area contributed by atoms with Gasteiger partial charge in [0, 0.05) is 0 Å². The number of hydrogen-bond acceptors (Lipinski definition) is 6. The molecule has 2 rings (SSSR count). The Hall–Kier alpha value is -0.473. The molecule has 0 unspecified atom stereocenters. The molecule has 0 bridgehead atoms. The van der Waals surface area contributed by atoms with Crippen molar-refractivity contribution < 1.29 is 28.2 Å². The van der Waals surface area contributed by atoms with Crippen molar-refractivity contribution in [2.24, 2.45) is 5.41 Å². The minimum Gasteiger partial charge on any atom is -0.462 e. The monoisotopic (exact) mass is 388 g/mol. The van der Waals surface area contributed by atoms with Gasteiger partial charge in [-0.3, -0.25) is 4.79 Å². The average Bonchev–Trinajstić information content (AvgIpc) is 2.86. The lowest BCUT2D eigenvalue weighted by Gasteiger charge is -2.40. The van der Waals surface area contributed by atoms with Crippen molar-refractivity contribution in [3.05, 3.63) is 0 Å². The van der Waals surface area contributed by atoms with Crippen LogP contribution in [-0.4, -0.2) is 51.3 Å². The molecule has 152 valence electrons. The summed E-state index contributed by atoms with van der Waals surface area (Å²) in [5.41, 5.74) is -0.556. The summed E-state index contributed by atoms with van der Waals surface area (Å²) in [5, 5.41) is 0.0483. The Labute approximate surface area is 159 Å². The summed E-state index contributed by atoms with van der Waals surface area (Å²) in [7, 11) is -2.07. The van der Waals surface area contributed by atoms with Crippen LogP contribution in [0.2, 0.25) is 18.1 Å². The SMILES string of the molecule is CC1(C)O[C@H]2O[C@H](COC(=O)C(C)(C)C)[C@H](O[Si](C)(C)C(C)(C)C)[C@H]2O1. The van der Waals surface area contributed by atoms with Crippen molar-refractivity contribution in [1.82, 2.24) is 0 Å². The molecule has 2 fully saturated rings. The van der Waals surface area contributed by atoms with E-state index < -0.39 is 31.9 Å². The van der Waals surface area contributed by atoms with Gasteiger partial charge in [0.25, 0.3) is 0 Å². The highest BCUT2D eigenvalue weighted by molar-refractivity contribution is 6.74. The van der Waals surface area contributed by atoms with E-state index in [0.29, 0.717) is 0 Å². The summed E-state index contributed by atoms with van der Waals surface area (Å²) < 4.78 is 30.1. The zero-order valence-electron chi connectivity index (χ0n) is 18.0. The topological polar surface area (TPSA) is 63.2 Å². The van der Waals surface area contributed by atoms with Crippen molar-refractivity contribution in [3.63, 3.8) is 0 Å². The van der Waals surface area contributed by atoms with Gasteiger partial charge in [-0.05, 0) is 52.8 Å². The molecule has 0 radical (unpaired) electrons. The molecule has 2 saturated heterocycles. The molecule has 0 N–H and O–H groups in total. The van der Waals surface area contributed by atoms with E-state index >= 15 is 0 Å². The zero-order chi connectivity index (χ0) is 20.1. The number of carbonyl (C=O) groups is 1. The Morgan fingerprint density at radius 3 is 2.15 bits per heavy atom. The van der Waals surface area contributed by atoms with Gasteiger partial charge in [-0.1, -0.05) is 20.8 Å². The van der Waals surface area contributed by atoms with Crippen LogP contribution in [0.1, 0.15) is 55.4 Å². The van der Waals surface area contributed by atoms with Gasteiger partial charge in [-0.25, -0.2) is 0 Å². The van der Waals surface area contributed by atoms with E-state index in [9.17, 15) is 4.79 Å². The first-order valence-electron chi connectivity index (χ1n) is 9.40. The van der Waals surface area contributed by atoms with Gasteiger partial charge < -0.3 is 23.4 Å². The van der Waals surface area contributed by atoms with E-state index in [1.807, 2.05) is 34.6 Å². The molecule has 4 atom stereocenters. The van der Waals surface area contributed by atoms with Crippen molar-refractivity contribution in [2.45, 2.75) is 104 Å². The minimum absolute atomic E-state index is 0.0483. The van der Waals surface area contributed by atoms with Gasteiger partial charge in [-0.2, -0.15) is 0 Å². The summed E-state index contributed by atoms with van der Waals surface area (Å²) >= 11 is 0. The highest BCUT2D eigenvalue weighted by atomic mass is 28.4. The Morgan fingerprint density at radius 1 is 1.08 bits per heavy atom. The van der Waals surface area contributed by atoms with E-state index in [4.69, 9.17) is 23.4 Å². The van der Waals surface area contributed by atoms with Crippen LogP contribution in [0.4, 0.5) is 0 Å². The molecule has 0 saturated carbocycles. The van der Waals surface area contributed by atoms with E-state index in [-0.39, 0.29) is 29.8 Å². The molecule has 0 amide bonds. The number of hydrogen-bond donors (Lipinski definition) is 0. The Balaban J connectivity index is 2.15. The maximum atomic E-state index is 12.1. The molecule has 0 aromatic heterocycles. The number of ether oxygens (including phenoxy) is 4. The molecular formula is C19H36O6Si. The van der Waals surface area contributed by atoms with Gasteiger partial charge in [0.1, 0.15) is 24.9 Å². The third kappa shape index (κ3) is 4.68. The first-order chi connectivity index (χ1) is 11.5. The van der Waals surface area contributed by atoms with Crippen molar-refractivity contribution in [2.75, 3.05) is 6.61 Å². The van der Waals surface area contributed by atoms with E-state index in [1.165, 1.54) is 0 Å². The van der Waals surface area contributed by atoms with Gasteiger partial charge >= 0.3 is 5.97 Å². The first-order valence-corrected chi connectivity index (χ1v) is 12.3. The summed E-state index contributed by atoms with van der Waals surface area (Å²) in [6.45, 7) is 20.3. The molecule has 0 spiro atoms. The molecule has 2 heterocycles. The second kappa shape index (κ2) is 6.85. The first kappa shape index (κ1) is 21.8. The third-order valence-electron chi connectivity index (χ3n) is 5.32. The molecule has 0 aromatic carbocycles. The lowest BCUT2D eigenvalue weighted by molar-refractivity contribution is -0.220. The number of fused-ring (bicyclic) bond motifs is 1. The fraction of sp³-hybridized carbons (Fsp3) is 0.947. The second-order valence-electron chi connectivity index (χ2n) is 10.3. The average molecular weight is 389 g/mol. The fourth-order valence-corrected chi connectivity index (χ4v) is 4.03. The van der Waals surface area contributed by atoms with Gasteiger partial charge in [0.2, 0.25) is 0 Å². The maximum Gasteiger partial charge on any atom is 0.311 e. The molecule has 2 aliphatic rings. The van der Waals surface area contributed by atoms with Crippen molar-refractivity contribution in [3.8, 4) is 0 Å². The second-order valence-corrected chi connectivity index (χ2v) is 15.1. The predicted octanol–water partition coefficient (Wildman–Crippen LogP) is 3.84. The van der Waals surface area contributed by atoms with Crippen LogP contribution < -0.4 is 0 Å².